The molecular weight excluding hydrogens is 251 g/mol. The Kier molecular flexibility index (Phi) is 3.64. The van der Waals surface area contributed by atoms with Gasteiger partial charge in [-0.3, -0.25) is 4.79 Å². The lowest BCUT2D eigenvalue weighted by atomic mass is 9.99. The molecule has 2 heteroatoms. The van der Waals surface area contributed by atoms with Crippen LogP contribution < -0.4 is 0 Å². The molecule has 0 N–H and O–H groups in total. The number of carbonyl (C=O) groups excluding carboxylic acids is 1. The summed E-state index contributed by atoms with van der Waals surface area (Å²) >= 11 is 0. The van der Waals surface area contributed by atoms with E-state index in [9.17, 15) is 9.18 Å². The van der Waals surface area contributed by atoms with Crippen molar-refractivity contribution in [1.29, 1.82) is 0 Å². The molecule has 0 bridgehead atoms. The second kappa shape index (κ2) is 5.58. The number of benzene rings is 2. The van der Waals surface area contributed by atoms with Crippen LogP contribution in [0, 0.1) is 5.82 Å². The lowest BCUT2D eigenvalue weighted by molar-refractivity contribution is -0.117. The molecule has 0 aliphatic heterocycles. The number of rotatable bonds is 4. The Hall–Kier alpha value is -1.96. The molecule has 2 aromatic carbocycles. The number of hydrogen-bond acceptors (Lipinski definition) is 1. The highest BCUT2D eigenvalue weighted by Gasteiger charge is 2.13. The van der Waals surface area contributed by atoms with Gasteiger partial charge in [0, 0.05) is 12.8 Å². The predicted molar refractivity (Wildman–Crippen MR) is 77.3 cm³/mol. The molecule has 0 saturated heterocycles. The molecule has 3 rings (SSSR count). The monoisotopic (exact) mass is 268 g/mol. The fraction of sp³-hybridized carbons (Fsp3) is 0.278. The van der Waals surface area contributed by atoms with Gasteiger partial charge in [0.2, 0.25) is 0 Å². The van der Waals surface area contributed by atoms with Crippen LogP contribution in [0.15, 0.2) is 42.5 Å². The van der Waals surface area contributed by atoms with Gasteiger partial charge in [0.15, 0.2) is 0 Å². The second-order valence-corrected chi connectivity index (χ2v) is 5.44. The highest BCUT2D eigenvalue weighted by atomic mass is 19.1. The van der Waals surface area contributed by atoms with Gasteiger partial charge in [-0.2, -0.15) is 0 Å². The van der Waals surface area contributed by atoms with Crippen LogP contribution in [-0.2, 0) is 30.5 Å². The molecule has 20 heavy (non-hydrogen) atoms. The first-order valence-corrected chi connectivity index (χ1v) is 7.08. The normalized spacial score (nSPS) is 13.2. The van der Waals surface area contributed by atoms with Gasteiger partial charge >= 0.3 is 0 Å². The van der Waals surface area contributed by atoms with Crippen LogP contribution in [0.2, 0.25) is 0 Å². The van der Waals surface area contributed by atoms with Crippen molar-refractivity contribution >= 4 is 5.78 Å². The number of aryl methyl sites for hydroxylation is 2. The van der Waals surface area contributed by atoms with E-state index in [-0.39, 0.29) is 18.0 Å². The van der Waals surface area contributed by atoms with Gasteiger partial charge in [-0.25, -0.2) is 4.39 Å². The quantitative estimate of drug-likeness (QED) is 0.827. The van der Waals surface area contributed by atoms with Crippen molar-refractivity contribution < 1.29 is 9.18 Å². The van der Waals surface area contributed by atoms with Crippen molar-refractivity contribution in [2.45, 2.75) is 32.1 Å². The summed E-state index contributed by atoms with van der Waals surface area (Å²) < 4.78 is 13.5. The van der Waals surface area contributed by atoms with E-state index in [0.29, 0.717) is 12.0 Å². The predicted octanol–water partition coefficient (Wildman–Crippen LogP) is 3.67. The van der Waals surface area contributed by atoms with Gasteiger partial charge in [0.25, 0.3) is 0 Å². The zero-order valence-electron chi connectivity index (χ0n) is 11.4. The van der Waals surface area contributed by atoms with E-state index in [1.165, 1.54) is 23.6 Å². The summed E-state index contributed by atoms with van der Waals surface area (Å²) in [5, 5.41) is 0. The van der Waals surface area contributed by atoms with E-state index >= 15 is 0 Å². The fourth-order valence-electron chi connectivity index (χ4n) is 2.88. The Labute approximate surface area is 118 Å². The maximum absolute atomic E-state index is 13.5. The lowest BCUT2D eigenvalue weighted by Gasteiger charge is -2.05. The topological polar surface area (TPSA) is 17.1 Å². The Morgan fingerprint density at radius 3 is 2.65 bits per heavy atom. The van der Waals surface area contributed by atoms with Crippen molar-refractivity contribution in [3.8, 4) is 0 Å². The minimum Gasteiger partial charge on any atom is -0.299 e. The second-order valence-electron chi connectivity index (χ2n) is 5.44. The van der Waals surface area contributed by atoms with Gasteiger partial charge in [-0.15, -0.1) is 0 Å². The molecule has 1 aliphatic carbocycles. The van der Waals surface area contributed by atoms with E-state index in [4.69, 9.17) is 0 Å². The van der Waals surface area contributed by atoms with Crippen LogP contribution in [0.25, 0.3) is 0 Å². The maximum atomic E-state index is 13.5. The number of Topliss-reactive ketones (excluding diaryl/α,β-unsaturated/α-hetero) is 1. The minimum atomic E-state index is -0.296. The highest BCUT2D eigenvalue weighted by Crippen LogP contribution is 2.23. The van der Waals surface area contributed by atoms with Gasteiger partial charge in [-0.1, -0.05) is 36.4 Å². The summed E-state index contributed by atoms with van der Waals surface area (Å²) in [7, 11) is 0. The number of fused-ring (bicyclic) bond motifs is 1. The third-order valence-corrected chi connectivity index (χ3v) is 3.91. The van der Waals surface area contributed by atoms with Crippen LogP contribution in [0.3, 0.4) is 0 Å². The first-order chi connectivity index (χ1) is 9.72. The third kappa shape index (κ3) is 2.79. The molecule has 102 valence electrons. The first-order valence-electron chi connectivity index (χ1n) is 7.08. The van der Waals surface area contributed by atoms with Gasteiger partial charge in [0.1, 0.15) is 11.6 Å². The molecular formula is C18H17FO. The maximum Gasteiger partial charge on any atom is 0.141 e. The van der Waals surface area contributed by atoms with Crippen molar-refractivity contribution in [3.63, 3.8) is 0 Å². The first kappa shape index (κ1) is 13.0. The summed E-state index contributed by atoms with van der Waals surface area (Å²) in [4.78, 5) is 12.1. The molecule has 0 fully saturated rings. The zero-order valence-corrected chi connectivity index (χ0v) is 11.4. The van der Waals surface area contributed by atoms with Gasteiger partial charge in [-0.05, 0) is 47.6 Å². The molecule has 1 aliphatic rings. The smallest absolute Gasteiger partial charge is 0.141 e. The standard InChI is InChI=1S/C18H17FO/c19-18-7-2-1-4-16(18)12-17(20)11-13-8-9-14-5-3-6-15(14)10-13/h1-2,4,7-10H,3,5-6,11-12H2. The molecule has 0 heterocycles. The number of halogens is 1. The van der Waals surface area contributed by atoms with Crippen molar-refractivity contribution in [1.82, 2.24) is 0 Å². The molecule has 0 unspecified atom stereocenters. The Balaban J connectivity index is 1.69. The van der Waals surface area contributed by atoms with Crippen LogP contribution in [0.5, 0.6) is 0 Å². The van der Waals surface area contributed by atoms with E-state index in [2.05, 4.69) is 12.1 Å². The van der Waals surface area contributed by atoms with Crippen LogP contribution >= 0.6 is 0 Å². The molecule has 0 atom stereocenters. The summed E-state index contributed by atoms with van der Waals surface area (Å²) in [6, 6.07) is 12.8. The summed E-state index contributed by atoms with van der Waals surface area (Å²) in [5.74, 6) is -0.233. The molecule has 0 radical (unpaired) electrons. The van der Waals surface area contributed by atoms with E-state index < -0.39 is 0 Å². The zero-order chi connectivity index (χ0) is 13.9. The molecule has 2 aromatic rings. The highest BCUT2D eigenvalue weighted by molar-refractivity contribution is 5.83. The van der Waals surface area contributed by atoms with E-state index in [0.717, 1.165) is 18.4 Å². The average molecular weight is 268 g/mol. The molecule has 0 amide bonds. The summed E-state index contributed by atoms with van der Waals surface area (Å²) in [6.07, 6.45) is 4.04. The van der Waals surface area contributed by atoms with Gasteiger partial charge in [0.05, 0.1) is 0 Å². The average Bonchev–Trinajstić information content (AvgIpc) is 2.89. The Bertz CT molecular complexity index is 646. The third-order valence-electron chi connectivity index (χ3n) is 3.91. The SMILES string of the molecule is O=C(Cc1ccc2c(c1)CCC2)Cc1ccccc1F. The van der Waals surface area contributed by atoms with Gasteiger partial charge < -0.3 is 0 Å². The van der Waals surface area contributed by atoms with E-state index in [1.807, 2.05) is 6.07 Å². The fourth-order valence-corrected chi connectivity index (χ4v) is 2.88. The molecule has 0 spiro atoms. The van der Waals surface area contributed by atoms with Crippen molar-refractivity contribution in [2.24, 2.45) is 0 Å². The summed E-state index contributed by atoms with van der Waals surface area (Å²) in [5.41, 5.74) is 4.32. The van der Waals surface area contributed by atoms with Crippen molar-refractivity contribution in [3.05, 3.63) is 70.5 Å². The lowest BCUT2D eigenvalue weighted by Crippen LogP contribution is -2.08. The summed E-state index contributed by atoms with van der Waals surface area (Å²) in [6.45, 7) is 0. The largest absolute Gasteiger partial charge is 0.299 e. The molecule has 0 aromatic heterocycles. The minimum absolute atomic E-state index is 0.0630. The number of ketones is 1. The Morgan fingerprint density at radius 2 is 1.80 bits per heavy atom. The van der Waals surface area contributed by atoms with Crippen LogP contribution in [0.1, 0.15) is 28.7 Å². The molecule has 0 saturated carbocycles. The van der Waals surface area contributed by atoms with E-state index in [1.54, 1.807) is 18.2 Å². The van der Waals surface area contributed by atoms with Crippen LogP contribution in [-0.4, -0.2) is 5.78 Å². The number of carbonyl (C=O) groups is 1. The number of hydrogen-bond donors (Lipinski definition) is 0. The van der Waals surface area contributed by atoms with Crippen molar-refractivity contribution in [2.75, 3.05) is 0 Å². The van der Waals surface area contributed by atoms with Crippen LogP contribution in [0.4, 0.5) is 4.39 Å². The molecule has 1 nitrogen and oxygen atoms in total. The Morgan fingerprint density at radius 1 is 1.00 bits per heavy atom.